The van der Waals surface area contributed by atoms with E-state index in [0.717, 1.165) is 23.7 Å². The average molecular weight is 312 g/mol. The number of fused-ring (bicyclic) bond motifs is 1. The van der Waals surface area contributed by atoms with Crippen LogP contribution in [-0.2, 0) is 17.6 Å². The molecule has 4 rings (SSSR count). The molecule has 1 aromatic carbocycles. The molecule has 1 amide bonds. The van der Waals surface area contributed by atoms with Crippen LogP contribution in [0, 0.1) is 5.92 Å². The highest BCUT2D eigenvalue weighted by Crippen LogP contribution is 2.31. The van der Waals surface area contributed by atoms with Crippen LogP contribution in [-0.4, -0.2) is 10.9 Å². The van der Waals surface area contributed by atoms with Crippen molar-refractivity contribution in [2.75, 3.05) is 5.32 Å². The fourth-order valence-electron chi connectivity index (χ4n) is 3.23. The van der Waals surface area contributed by atoms with Gasteiger partial charge in [-0.05, 0) is 55.7 Å². The summed E-state index contributed by atoms with van der Waals surface area (Å²) in [5.74, 6) is 0.341. The predicted molar refractivity (Wildman–Crippen MR) is 90.2 cm³/mol. The number of hydrogen-bond donors (Lipinski definition) is 1. The molecule has 2 aliphatic carbocycles. The molecule has 0 aliphatic heterocycles. The molecule has 1 fully saturated rings. The number of nitrogens with one attached hydrogen (secondary N) is 1. The molecule has 0 spiro atoms. The zero-order valence-corrected chi connectivity index (χ0v) is 13.4. The average Bonchev–Trinajstić information content (AvgIpc) is 2.93. The molecule has 2 aromatic rings. The van der Waals surface area contributed by atoms with Crippen LogP contribution in [0.15, 0.2) is 23.6 Å². The van der Waals surface area contributed by atoms with Crippen molar-refractivity contribution < 1.29 is 4.79 Å². The molecule has 0 atom stereocenters. The van der Waals surface area contributed by atoms with E-state index in [0.29, 0.717) is 0 Å². The summed E-state index contributed by atoms with van der Waals surface area (Å²) in [6, 6.07) is 6.69. The van der Waals surface area contributed by atoms with Crippen LogP contribution in [0.3, 0.4) is 0 Å². The van der Waals surface area contributed by atoms with E-state index in [9.17, 15) is 4.79 Å². The van der Waals surface area contributed by atoms with E-state index in [1.54, 1.807) is 0 Å². The number of aryl methyl sites for hydroxylation is 2. The lowest BCUT2D eigenvalue weighted by Crippen LogP contribution is -2.27. The van der Waals surface area contributed by atoms with Gasteiger partial charge in [-0.3, -0.25) is 4.79 Å². The maximum atomic E-state index is 12.0. The Morgan fingerprint density at radius 1 is 1.14 bits per heavy atom. The van der Waals surface area contributed by atoms with Crippen LogP contribution < -0.4 is 5.32 Å². The number of nitrogens with zero attached hydrogens (tertiary/aromatic N) is 1. The topological polar surface area (TPSA) is 42.0 Å². The van der Waals surface area contributed by atoms with Crippen molar-refractivity contribution >= 4 is 22.4 Å². The summed E-state index contributed by atoms with van der Waals surface area (Å²) in [4.78, 5) is 16.6. The van der Waals surface area contributed by atoms with Gasteiger partial charge in [0.15, 0.2) is 5.13 Å². The monoisotopic (exact) mass is 312 g/mol. The highest BCUT2D eigenvalue weighted by molar-refractivity contribution is 7.14. The summed E-state index contributed by atoms with van der Waals surface area (Å²) < 4.78 is 0. The molecule has 1 aromatic heterocycles. The van der Waals surface area contributed by atoms with Crippen molar-refractivity contribution in [1.82, 2.24) is 4.98 Å². The number of hydrogen-bond acceptors (Lipinski definition) is 3. The fraction of sp³-hybridized carbons (Fsp3) is 0.444. The molecule has 1 N–H and O–H groups in total. The minimum absolute atomic E-state index is 0.137. The lowest BCUT2D eigenvalue weighted by molar-refractivity contribution is -0.122. The zero-order chi connectivity index (χ0) is 14.9. The largest absolute Gasteiger partial charge is 0.302 e. The molecule has 22 heavy (non-hydrogen) atoms. The van der Waals surface area contributed by atoms with Gasteiger partial charge in [-0.15, -0.1) is 11.3 Å². The first-order valence-corrected chi connectivity index (χ1v) is 9.06. The number of carbonyl (C=O) groups excluding carboxylic acids is 1. The molecule has 0 radical (unpaired) electrons. The second kappa shape index (κ2) is 5.84. The standard InChI is InChI=1S/C18H20N2OS/c21-17(13-6-3-7-13)20-18-19-16(11-22-18)15-9-8-12-4-1-2-5-14(12)10-15/h8-11,13H,1-7H2,(H,19,20,21). The van der Waals surface area contributed by atoms with Crippen LogP contribution >= 0.6 is 11.3 Å². The molecule has 0 unspecified atom stereocenters. The highest BCUT2D eigenvalue weighted by Gasteiger charge is 2.25. The summed E-state index contributed by atoms with van der Waals surface area (Å²) in [5, 5.41) is 5.73. The smallest absolute Gasteiger partial charge is 0.229 e. The minimum atomic E-state index is 0.137. The molecule has 3 nitrogen and oxygen atoms in total. The first-order chi connectivity index (χ1) is 10.8. The summed E-state index contributed by atoms with van der Waals surface area (Å²) in [6.45, 7) is 0. The first kappa shape index (κ1) is 13.9. The summed E-state index contributed by atoms with van der Waals surface area (Å²) in [5.41, 5.74) is 5.10. The fourth-order valence-corrected chi connectivity index (χ4v) is 3.96. The third-order valence-corrected chi connectivity index (χ3v) is 5.61. The van der Waals surface area contributed by atoms with E-state index in [2.05, 4.69) is 28.5 Å². The summed E-state index contributed by atoms with van der Waals surface area (Å²) >= 11 is 1.52. The van der Waals surface area contributed by atoms with Gasteiger partial charge in [-0.25, -0.2) is 4.98 Å². The number of benzene rings is 1. The van der Waals surface area contributed by atoms with E-state index in [1.165, 1.54) is 60.1 Å². The Morgan fingerprint density at radius 3 is 2.73 bits per heavy atom. The van der Waals surface area contributed by atoms with Crippen molar-refractivity contribution in [1.29, 1.82) is 0 Å². The SMILES string of the molecule is O=C(Nc1nc(-c2ccc3c(c2)CCCC3)cs1)C1CCC1. The quantitative estimate of drug-likeness (QED) is 0.911. The number of rotatable bonds is 3. The number of thiazole rings is 1. The Kier molecular flexibility index (Phi) is 3.70. The Labute approximate surface area is 134 Å². The van der Waals surface area contributed by atoms with Crippen LogP contribution in [0.2, 0.25) is 0 Å². The molecule has 1 heterocycles. The van der Waals surface area contributed by atoms with Crippen molar-refractivity contribution in [2.45, 2.75) is 44.9 Å². The normalized spacial score (nSPS) is 17.6. The van der Waals surface area contributed by atoms with E-state index < -0.39 is 0 Å². The Hall–Kier alpha value is -1.68. The molecule has 114 valence electrons. The second-order valence-corrected chi connectivity index (χ2v) is 7.20. The van der Waals surface area contributed by atoms with Crippen LogP contribution in [0.5, 0.6) is 0 Å². The van der Waals surface area contributed by atoms with Gasteiger partial charge >= 0.3 is 0 Å². The lowest BCUT2D eigenvalue weighted by Gasteiger charge is -2.23. The van der Waals surface area contributed by atoms with Crippen LogP contribution in [0.25, 0.3) is 11.3 Å². The van der Waals surface area contributed by atoms with E-state index in [1.807, 2.05) is 5.38 Å². The number of amides is 1. The van der Waals surface area contributed by atoms with Crippen molar-refractivity contribution in [2.24, 2.45) is 5.92 Å². The van der Waals surface area contributed by atoms with Gasteiger partial charge in [0.2, 0.25) is 5.91 Å². The first-order valence-electron chi connectivity index (χ1n) is 8.18. The van der Waals surface area contributed by atoms with Gasteiger partial charge in [0.05, 0.1) is 5.69 Å². The van der Waals surface area contributed by atoms with Crippen LogP contribution in [0.4, 0.5) is 5.13 Å². The molecule has 1 saturated carbocycles. The molecule has 2 aliphatic rings. The second-order valence-electron chi connectivity index (χ2n) is 6.35. The third kappa shape index (κ3) is 2.68. The molecular formula is C18H20N2OS. The number of carbonyl (C=O) groups is 1. The van der Waals surface area contributed by atoms with Crippen molar-refractivity contribution in [3.05, 3.63) is 34.7 Å². The molecule has 0 saturated heterocycles. The maximum Gasteiger partial charge on any atom is 0.229 e. The van der Waals surface area contributed by atoms with E-state index in [-0.39, 0.29) is 11.8 Å². The van der Waals surface area contributed by atoms with Gasteiger partial charge in [0.25, 0.3) is 0 Å². The van der Waals surface area contributed by atoms with E-state index in [4.69, 9.17) is 0 Å². The van der Waals surface area contributed by atoms with Gasteiger partial charge in [0.1, 0.15) is 0 Å². The number of anilines is 1. The van der Waals surface area contributed by atoms with Gasteiger partial charge in [0, 0.05) is 16.9 Å². The minimum Gasteiger partial charge on any atom is -0.302 e. The van der Waals surface area contributed by atoms with Crippen molar-refractivity contribution in [3.8, 4) is 11.3 Å². The lowest BCUT2D eigenvalue weighted by atomic mass is 9.85. The third-order valence-electron chi connectivity index (χ3n) is 4.85. The van der Waals surface area contributed by atoms with Gasteiger partial charge in [-0.2, -0.15) is 0 Å². The Bertz CT molecular complexity index is 703. The molecule has 0 bridgehead atoms. The zero-order valence-electron chi connectivity index (χ0n) is 12.6. The van der Waals surface area contributed by atoms with Crippen LogP contribution in [0.1, 0.15) is 43.2 Å². The van der Waals surface area contributed by atoms with E-state index >= 15 is 0 Å². The number of aromatic nitrogens is 1. The molecule has 4 heteroatoms. The Balaban J connectivity index is 1.52. The van der Waals surface area contributed by atoms with Gasteiger partial charge in [-0.1, -0.05) is 18.6 Å². The predicted octanol–water partition coefficient (Wildman–Crippen LogP) is 4.43. The Morgan fingerprint density at radius 2 is 1.95 bits per heavy atom. The highest BCUT2D eigenvalue weighted by atomic mass is 32.1. The summed E-state index contributed by atoms with van der Waals surface area (Å²) in [6.07, 6.45) is 8.20. The summed E-state index contributed by atoms with van der Waals surface area (Å²) in [7, 11) is 0. The van der Waals surface area contributed by atoms with Crippen molar-refractivity contribution in [3.63, 3.8) is 0 Å². The van der Waals surface area contributed by atoms with Gasteiger partial charge < -0.3 is 5.32 Å². The maximum absolute atomic E-state index is 12.0. The molecular weight excluding hydrogens is 292 g/mol.